The van der Waals surface area contributed by atoms with E-state index < -0.39 is 17.8 Å². The summed E-state index contributed by atoms with van der Waals surface area (Å²) in [6.07, 6.45) is -0.537. The van der Waals surface area contributed by atoms with Crippen LogP contribution in [0.25, 0.3) is 0 Å². The van der Waals surface area contributed by atoms with Gasteiger partial charge in [0.15, 0.2) is 11.5 Å². The number of carbonyl (C=O) groups is 2. The molecule has 0 radical (unpaired) electrons. The molecule has 1 saturated carbocycles. The summed E-state index contributed by atoms with van der Waals surface area (Å²) in [6, 6.07) is 8.73. The van der Waals surface area contributed by atoms with Crippen LogP contribution in [0.15, 0.2) is 40.2 Å². The average Bonchev–Trinajstić information content (AvgIpc) is 3.17. The van der Waals surface area contributed by atoms with Gasteiger partial charge in [0.05, 0.1) is 5.56 Å². The van der Waals surface area contributed by atoms with E-state index in [0.717, 1.165) is 0 Å². The summed E-state index contributed by atoms with van der Waals surface area (Å²) < 4.78 is 11.4. The van der Waals surface area contributed by atoms with Crippen LogP contribution in [0.3, 0.4) is 0 Å². The van der Waals surface area contributed by atoms with Crippen molar-refractivity contribution in [1.82, 2.24) is 9.97 Å². The van der Waals surface area contributed by atoms with Crippen LogP contribution in [-0.2, 0) is 14.3 Å². The number of nitrogens with zero attached hydrogens (tertiary/aromatic N) is 2. The van der Waals surface area contributed by atoms with Crippen LogP contribution in [0.5, 0.6) is 0 Å². The zero-order valence-electron chi connectivity index (χ0n) is 16.9. The molecule has 1 saturated heterocycles. The number of aromatic amines is 1. The Hall–Kier alpha value is -3.60. The molecule has 4 atom stereocenters. The lowest BCUT2D eigenvalue weighted by Crippen LogP contribution is -2.27. The highest BCUT2D eigenvalue weighted by Crippen LogP contribution is 2.48. The van der Waals surface area contributed by atoms with Crippen molar-refractivity contribution < 1.29 is 19.1 Å². The maximum Gasteiger partial charge on any atom is 0.338 e. The van der Waals surface area contributed by atoms with Gasteiger partial charge in [0.25, 0.3) is 5.56 Å². The molecule has 2 aromatic rings. The summed E-state index contributed by atoms with van der Waals surface area (Å²) in [7, 11) is 0. The van der Waals surface area contributed by atoms with Crippen molar-refractivity contribution in [3.05, 3.63) is 46.2 Å². The molecule has 0 bridgehead atoms. The summed E-state index contributed by atoms with van der Waals surface area (Å²) in [5.74, 6) is -0.999. The molecule has 2 heterocycles. The van der Waals surface area contributed by atoms with Crippen molar-refractivity contribution in [1.29, 1.82) is 5.53 Å². The first-order valence-electron chi connectivity index (χ1n) is 9.88. The molecule has 1 aliphatic carbocycles. The molecule has 1 aromatic heterocycles. The van der Waals surface area contributed by atoms with Crippen LogP contribution in [0, 0.1) is 17.4 Å². The topological polar surface area (TPSA) is 159 Å². The number of fused-ring (bicyclic) bond motifs is 1. The zero-order valence-corrected chi connectivity index (χ0v) is 16.9. The van der Waals surface area contributed by atoms with E-state index >= 15 is 0 Å². The fraction of sp³-hybridized carbons (Fsp3) is 0.400. The van der Waals surface area contributed by atoms with Crippen molar-refractivity contribution in [2.75, 3.05) is 10.6 Å². The summed E-state index contributed by atoms with van der Waals surface area (Å²) in [5, 5.41) is 8.69. The predicted octanol–water partition coefficient (Wildman–Crippen LogP) is 2.41. The fourth-order valence-electron chi connectivity index (χ4n) is 3.41. The van der Waals surface area contributed by atoms with Gasteiger partial charge in [-0.15, -0.1) is 5.11 Å². The SMILES string of the molecule is CC(C)C(=O)Nc1nc(N[C@H]2CC3[C@@H](OC(=O)c4ccccc4)[C@H]3O2)c(N=N)c(=O)[nH]1. The molecule has 1 aromatic carbocycles. The molecule has 162 valence electrons. The summed E-state index contributed by atoms with van der Waals surface area (Å²) in [5.41, 5.74) is 6.85. The minimum atomic E-state index is -0.663. The highest BCUT2D eigenvalue weighted by Gasteiger charge is 2.61. The number of benzene rings is 1. The minimum Gasteiger partial charge on any atom is -0.456 e. The number of aromatic nitrogens is 2. The van der Waals surface area contributed by atoms with E-state index in [0.29, 0.717) is 12.0 Å². The van der Waals surface area contributed by atoms with Crippen LogP contribution in [0.1, 0.15) is 30.6 Å². The Morgan fingerprint density at radius 1 is 1.32 bits per heavy atom. The minimum absolute atomic E-state index is 0.0296. The Morgan fingerprint density at radius 2 is 2.06 bits per heavy atom. The third-order valence-electron chi connectivity index (χ3n) is 5.16. The molecule has 0 spiro atoms. The van der Waals surface area contributed by atoms with Gasteiger partial charge < -0.3 is 14.8 Å². The molecule has 11 nitrogen and oxygen atoms in total. The lowest BCUT2D eigenvalue weighted by atomic mass is 10.2. The predicted molar refractivity (Wildman–Crippen MR) is 109 cm³/mol. The van der Waals surface area contributed by atoms with E-state index in [9.17, 15) is 14.4 Å². The summed E-state index contributed by atoms with van der Waals surface area (Å²) >= 11 is 0. The lowest BCUT2D eigenvalue weighted by molar-refractivity contribution is -0.118. The molecule has 11 heteroatoms. The van der Waals surface area contributed by atoms with Gasteiger partial charge in [-0.3, -0.25) is 19.9 Å². The van der Waals surface area contributed by atoms with Gasteiger partial charge in [0, 0.05) is 18.3 Å². The average molecular weight is 426 g/mol. The third kappa shape index (κ3) is 4.31. The number of amides is 1. The molecule has 31 heavy (non-hydrogen) atoms. The summed E-state index contributed by atoms with van der Waals surface area (Å²) in [6.45, 7) is 3.42. The molecule has 2 aliphatic rings. The zero-order chi connectivity index (χ0) is 22.1. The fourth-order valence-corrected chi connectivity index (χ4v) is 3.41. The molecule has 1 aliphatic heterocycles. The Bertz CT molecular complexity index is 1060. The maximum absolute atomic E-state index is 12.2. The lowest BCUT2D eigenvalue weighted by Gasteiger charge is -2.18. The second-order valence-corrected chi connectivity index (χ2v) is 7.74. The maximum atomic E-state index is 12.2. The molecule has 4 rings (SSSR count). The van der Waals surface area contributed by atoms with Crippen LogP contribution < -0.4 is 16.2 Å². The Morgan fingerprint density at radius 3 is 2.68 bits per heavy atom. The number of carbonyl (C=O) groups excluding carboxylic acids is 2. The Balaban J connectivity index is 1.38. The Labute approximate surface area is 177 Å². The molecule has 2 fully saturated rings. The molecular weight excluding hydrogens is 404 g/mol. The number of ether oxygens (including phenoxy) is 2. The number of hydrogen-bond acceptors (Lipinski definition) is 9. The molecule has 4 N–H and O–H groups in total. The van der Waals surface area contributed by atoms with Crippen molar-refractivity contribution in [3.63, 3.8) is 0 Å². The van der Waals surface area contributed by atoms with Gasteiger partial charge in [-0.05, 0) is 12.1 Å². The van der Waals surface area contributed by atoms with Gasteiger partial charge >= 0.3 is 5.97 Å². The number of nitrogens with one attached hydrogen (secondary N) is 4. The van der Waals surface area contributed by atoms with Crippen molar-refractivity contribution in [2.24, 2.45) is 17.0 Å². The molecule has 1 unspecified atom stereocenters. The highest BCUT2D eigenvalue weighted by molar-refractivity contribution is 5.90. The van der Waals surface area contributed by atoms with Gasteiger partial charge in [-0.2, -0.15) is 4.98 Å². The van der Waals surface area contributed by atoms with E-state index in [4.69, 9.17) is 15.0 Å². The first kappa shape index (κ1) is 20.7. The van der Waals surface area contributed by atoms with E-state index in [2.05, 4.69) is 25.7 Å². The first-order chi connectivity index (χ1) is 14.9. The molecular formula is C20H22N6O5. The number of hydrogen-bond donors (Lipinski definition) is 4. The largest absolute Gasteiger partial charge is 0.456 e. The quantitative estimate of drug-likeness (QED) is 0.391. The van der Waals surface area contributed by atoms with Crippen molar-refractivity contribution in [2.45, 2.75) is 38.7 Å². The summed E-state index contributed by atoms with van der Waals surface area (Å²) in [4.78, 5) is 42.8. The number of esters is 1. The van der Waals surface area contributed by atoms with E-state index in [1.807, 2.05) is 6.07 Å². The van der Waals surface area contributed by atoms with Gasteiger partial charge in [-0.25, -0.2) is 10.3 Å². The standard InChI is InChI=1S/C20H22N6O5/c1-9(2)17(27)24-20-23-16(13(26-21)18(28)25-20)22-12-8-11-14(30-12)15(11)31-19(29)10-6-4-3-5-7-10/h3-7,9,11-12,14-15,21H,8H2,1-2H3,(H3,22,23,24,25,27,28)/t11?,12-,14+,15-/m1/s1. The van der Waals surface area contributed by atoms with Crippen LogP contribution >= 0.6 is 0 Å². The van der Waals surface area contributed by atoms with Crippen LogP contribution in [-0.4, -0.2) is 40.3 Å². The van der Waals surface area contributed by atoms with Crippen molar-refractivity contribution in [3.8, 4) is 0 Å². The third-order valence-corrected chi connectivity index (χ3v) is 5.16. The van der Waals surface area contributed by atoms with Gasteiger partial charge in [0.1, 0.15) is 18.4 Å². The van der Waals surface area contributed by atoms with Gasteiger partial charge in [0.2, 0.25) is 11.9 Å². The molecule has 1 amide bonds. The van der Waals surface area contributed by atoms with E-state index in [-0.39, 0.29) is 47.4 Å². The van der Waals surface area contributed by atoms with Crippen LogP contribution in [0.2, 0.25) is 0 Å². The van der Waals surface area contributed by atoms with Gasteiger partial charge in [-0.1, -0.05) is 32.0 Å². The van der Waals surface area contributed by atoms with Crippen molar-refractivity contribution >= 4 is 29.3 Å². The van der Waals surface area contributed by atoms with E-state index in [1.165, 1.54) is 0 Å². The first-order valence-corrected chi connectivity index (χ1v) is 9.88. The normalized spacial score (nSPS) is 23.7. The highest BCUT2D eigenvalue weighted by atomic mass is 16.6. The smallest absolute Gasteiger partial charge is 0.338 e. The monoisotopic (exact) mass is 426 g/mol. The Kier molecular flexibility index (Phi) is 5.51. The van der Waals surface area contributed by atoms with E-state index in [1.54, 1.807) is 38.1 Å². The number of rotatable bonds is 7. The van der Waals surface area contributed by atoms with Crippen LogP contribution in [0.4, 0.5) is 17.5 Å². The number of H-pyrrole nitrogens is 1. The second kappa shape index (κ2) is 8.26. The second-order valence-electron chi connectivity index (χ2n) is 7.74. The number of anilines is 2.